The number of hydrogen-bond acceptors (Lipinski definition) is 1. The number of aryl methyl sites for hydroxylation is 1. The number of aromatic nitrogens is 1. The Labute approximate surface area is 153 Å². The normalized spacial score (nSPS) is 20.6. The second-order valence-corrected chi connectivity index (χ2v) is 7.39. The van der Waals surface area contributed by atoms with Gasteiger partial charge in [-0.15, -0.1) is 0 Å². The molecule has 0 atom stereocenters. The van der Waals surface area contributed by atoms with Gasteiger partial charge in [-0.25, -0.2) is 9.37 Å². The van der Waals surface area contributed by atoms with Crippen LogP contribution in [0.3, 0.4) is 0 Å². The van der Waals surface area contributed by atoms with Crippen LogP contribution in [-0.2, 0) is 6.42 Å². The first kappa shape index (κ1) is 18.3. The molecule has 0 aliphatic heterocycles. The number of unbranched alkanes of at least 4 members (excludes halogenated alkanes) is 1. The Bertz CT molecular complexity index is 707. The van der Waals surface area contributed by atoms with E-state index in [-0.39, 0.29) is 11.1 Å². The summed E-state index contributed by atoms with van der Waals surface area (Å²) in [5.41, 5.74) is 3.43. The SMILES string of the molecule is CCCCc1ccc([C@H]2CC[C@H](c3cc(F)c(F)nc3Cl)CC2)cc1. The molecule has 1 saturated carbocycles. The highest BCUT2D eigenvalue weighted by atomic mass is 35.5. The summed E-state index contributed by atoms with van der Waals surface area (Å²) in [6, 6.07) is 10.2. The summed E-state index contributed by atoms with van der Waals surface area (Å²) < 4.78 is 26.6. The summed E-state index contributed by atoms with van der Waals surface area (Å²) in [6.07, 6.45) is 7.51. The third-order valence-corrected chi connectivity index (χ3v) is 5.65. The van der Waals surface area contributed by atoms with Gasteiger partial charge in [0.05, 0.1) is 0 Å². The third-order valence-electron chi connectivity index (χ3n) is 5.35. The van der Waals surface area contributed by atoms with E-state index >= 15 is 0 Å². The Morgan fingerprint density at radius 3 is 2.32 bits per heavy atom. The quantitative estimate of drug-likeness (QED) is 0.532. The summed E-state index contributed by atoms with van der Waals surface area (Å²) in [5.74, 6) is -1.33. The Morgan fingerprint density at radius 2 is 1.68 bits per heavy atom. The Kier molecular flexibility index (Phi) is 6.06. The first-order valence-electron chi connectivity index (χ1n) is 9.18. The third kappa shape index (κ3) is 4.38. The first-order valence-corrected chi connectivity index (χ1v) is 9.56. The predicted octanol–water partition coefficient (Wildman–Crippen LogP) is 6.80. The van der Waals surface area contributed by atoms with Gasteiger partial charge < -0.3 is 0 Å². The number of halogens is 3. The number of hydrogen-bond donors (Lipinski definition) is 0. The fourth-order valence-electron chi connectivity index (χ4n) is 3.82. The maximum atomic E-state index is 13.5. The summed E-state index contributed by atoms with van der Waals surface area (Å²) in [7, 11) is 0. The summed E-state index contributed by atoms with van der Waals surface area (Å²) >= 11 is 6.03. The molecule has 3 rings (SSSR count). The van der Waals surface area contributed by atoms with Gasteiger partial charge >= 0.3 is 0 Å². The van der Waals surface area contributed by atoms with Crippen molar-refractivity contribution in [3.63, 3.8) is 0 Å². The smallest absolute Gasteiger partial charge is 0.205 e. The zero-order valence-corrected chi connectivity index (χ0v) is 15.3. The molecular weight excluding hydrogens is 340 g/mol. The minimum Gasteiger partial charge on any atom is -0.205 e. The average molecular weight is 364 g/mol. The molecule has 0 radical (unpaired) electrons. The van der Waals surface area contributed by atoms with Gasteiger partial charge in [-0.1, -0.05) is 49.2 Å². The molecule has 1 aromatic carbocycles. The monoisotopic (exact) mass is 363 g/mol. The van der Waals surface area contributed by atoms with Gasteiger partial charge in [-0.2, -0.15) is 4.39 Å². The minimum absolute atomic E-state index is 0.0997. The van der Waals surface area contributed by atoms with Crippen molar-refractivity contribution >= 4 is 11.6 Å². The van der Waals surface area contributed by atoms with Crippen molar-refractivity contribution in [2.45, 2.75) is 63.7 Å². The molecular formula is C21H24ClF2N. The van der Waals surface area contributed by atoms with Gasteiger partial charge in [0.1, 0.15) is 5.15 Å². The van der Waals surface area contributed by atoms with Crippen LogP contribution in [0.25, 0.3) is 0 Å². The van der Waals surface area contributed by atoms with E-state index in [0.29, 0.717) is 11.5 Å². The van der Waals surface area contributed by atoms with E-state index in [1.54, 1.807) is 0 Å². The predicted molar refractivity (Wildman–Crippen MR) is 98.2 cm³/mol. The highest BCUT2D eigenvalue weighted by Crippen LogP contribution is 2.42. The van der Waals surface area contributed by atoms with E-state index in [9.17, 15) is 8.78 Å². The Morgan fingerprint density at radius 1 is 1.04 bits per heavy atom. The van der Waals surface area contributed by atoms with Crippen LogP contribution >= 0.6 is 11.6 Å². The van der Waals surface area contributed by atoms with E-state index in [1.165, 1.54) is 30.0 Å². The number of nitrogens with zero attached hydrogens (tertiary/aromatic N) is 1. The van der Waals surface area contributed by atoms with E-state index in [0.717, 1.165) is 32.1 Å². The van der Waals surface area contributed by atoms with Crippen LogP contribution in [0.15, 0.2) is 30.3 Å². The van der Waals surface area contributed by atoms with Crippen LogP contribution in [0.1, 0.15) is 74.0 Å². The molecule has 134 valence electrons. The van der Waals surface area contributed by atoms with Crippen LogP contribution in [0, 0.1) is 11.8 Å². The summed E-state index contributed by atoms with van der Waals surface area (Å²) in [6.45, 7) is 2.21. The van der Waals surface area contributed by atoms with Crippen molar-refractivity contribution in [3.8, 4) is 0 Å². The molecule has 1 aliphatic rings. The highest BCUT2D eigenvalue weighted by molar-refractivity contribution is 6.30. The number of benzene rings is 1. The molecule has 1 aliphatic carbocycles. The molecule has 4 heteroatoms. The molecule has 0 spiro atoms. The second-order valence-electron chi connectivity index (χ2n) is 7.03. The molecule has 2 aromatic rings. The van der Waals surface area contributed by atoms with Crippen molar-refractivity contribution < 1.29 is 8.78 Å². The summed E-state index contributed by atoms with van der Waals surface area (Å²) in [4.78, 5) is 3.48. The molecule has 0 bridgehead atoms. The van der Waals surface area contributed by atoms with Gasteiger partial charge in [0.15, 0.2) is 5.82 Å². The molecule has 25 heavy (non-hydrogen) atoms. The maximum absolute atomic E-state index is 13.5. The van der Waals surface area contributed by atoms with E-state index in [4.69, 9.17) is 11.6 Å². The van der Waals surface area contributed by atoms with Crippen LogP contribution in [0.5, 0.6) is 0 Å². The van der Waals surface area contributed by atoms with Gasteiger partial charge in [0, 0.05) is 0 Å². The van der Waals surface area contributed by atoms with E-state index in [2.05, 4.69) is 36.2 Å². The molecule has 0 unspecified atom stereocenters. The Balaban J connectivity index is 1.63. The average Bonchev–Trinajstić information content (AvgIpc) is 2.64. The van der Waals surface area contributed by atoms with Crippen LogP contribution < -0.4 is 0 Å². The molecule has 1 heterocycles. The van der Waals surface area contributed by atoms with Crippen molar-refractivity contribution in [1.29, 1.82) is 0 Å². The van der Waals surface area contributed by atoms with E-state index < -0.39 is 11.8 Å². The topological polar surface area (TPSA) is 12.9 Å². The van der Waals surface area contributed by atoms with Crippen LogP contribution in [0.4, 0.5) is 8.78 Å². The lowest BCUT2D eigenvalue weighted by atomic mass is 9.76. The lowest BCUT2D eigenvalue weighted by Crippen LogP contribution is -2.13. The molecule has 1 nitrogen and oxygen atoms in total. The van der Waals surface area contributed by atoms with Crippen molar-refractivity contribution in [3.05, 3.63) is 63.9 Å². The maximum Gasteiger partial charge on any atom is 0.250 e. The molecule has 0 N–H and O–H groups in total. The fraction of sp³-hybridized carbons (Fsp3) is 0.476. The number of pyridine rings is 1. The number of rotatable bonds is 5. The lowest BCUT2D eigenvalue weighted by molar-refractivity contribution is 0.392. The second kappa shape index (κ2) is 8.27. The largest absolute Gasteiger partial charge is 0.250 e. The van der Waals surface area contributed by atoms with Gasteiger partial charge in [0.25, 0.3) is 0 Å². The van der Waals surface area contributed by atoms with Crippen LogP contribution in [0.2, 0.25) is 5.15 Å². The van der Waals surface area contributed by atoms with Crippen molar-refractivity contribution in [1.82, 2.24) is 4.98 Å². The van der Waals surface area contributed by atoms with Gasteiger partial charge in [-0.3, -0.25) is 0 Å². The lowest BCUT2D eigenvalue weighted by Gasteiger charge is -2.29. The fourth-order valence-corrected chi connectivity index (χ4v) is 4.10. The van der Waals surface area contributed by atoms with Gasteiger partial charge in [-0.05, 0) is 73.1 Å². The zero-order valence-electron chi connectivity index (χ0n) is 14.6. The molecule has 1 fully saturated rings. The standard InChI is InChI=1S/C21H24ClF2N/c1-2-3-4-14-5-7-15(8-6-14)16-9-11-17(12-10-16)18-13-19(23)21(24)25-20(18)22/h5-8,13,16-17H,2-4,9-12H2,1H3/t16-,17-. The highest BCUT2D eigenvalue weighted by Gasteiger charge is 2.26. The Hall–Kier alpha value is -1.48. The van der Waals surface area contributed by atoms with Gasteiger partial charge in [0.2, 0.25) is 5.95 Å². The first-order chi connectivity index (χ1) is 12.1. The van der Waals surface area contributed by atoms with Crippen LogP contribution in [-0.4, -0.2) is 4.98 Å². The molecule has 0 saturated heterocycles. The molecule has 1 aromatic heterocycles. The van der Waals surface area contributed by atoms with E-state index in [1.807, 2.05) is 0 Å². The van der Waals surface area contributed by atoms with Crippen molar-refractivity contribution in [2.75, 3.05) is 0 Å². The van der Waals surface area contributed by atoms with Crippen molar-refractivity contribution in [2.24, 2.45) is 0 Å². The summed E-state index contributed by atoms with van der Waals surface area (Å²) in [5, 5.41) is 0.0997. The zero-order chi connectivity index (χ0) is 17.8. The minimum atomic E-state index is -1.12. The molecule has 0 amide bonds.